The van der Waals surface area contributed by atoms with Gasteiger partial charge in [-0.1, -0.05) is 6.42 Å². The van der Waals surface area contributed by atoms with Crippen LogP contribution in [-0.4, -0.2) is 39.4 Å². The second kappa shape index (κ2) is 6.58. The van der Waals surface area contributed by atoms with Crippen molar-refractivity contribution in [2.45, 2.75) is 39.3 Å². The summed E-state index contributed by atoms with van der Waals surface area (Å²) >= 11 is 1.70. The van der Waals surface area contributed by atoms with E-state index in [9.17, 15) is 0 Å². The number of nitrogens with zero attached hydrogens (tertiary/aromatic N) is 4. The third-order valence-electron chi connectivity index (χ3n) is 5.58. The van der Waals surface area contributed by atoms with Crippen molar-refractivity contribution < 1.29 is 4.74 Å². The Bertz CT molecular complexity index is 697. The molecule has 4 rings (SSSR count). The highest BCUT2D eigenvalue weighted by Gasteiger charge is 2.49. The summed E-state index contributed by atoms with van der Waals surface area (Å²) in [7, 11) is 1.98. The van der Waals surface area contributed by atoms with E-state index < -0.39 is 0 Å². The summed E-state index contributed by atoms with van der Waals surface area (Å²) < 4.78 is 8.02. The van der Waals surface area contributed by atoms with Crippen LogP contribution in [0.5, 0.6) is 0 Å². The molecule has 6 heteroatoms. The van der Waals surface area contributed by atoms with E-state index in [4.69, 9.17) is 4.74 Å². The molecule has 0 amide bonds. The molecule has 2 aliphatic rings. The molecule has 2 aromatic heterocycles. The Labute approximate surface area is 147 Å². The first-order chi connectivity index (χ1) is 11.6. The molecule has 1 aliphatic heterocycles. The molecule has 0 bridgehead atoms. The van der Waals surface area contributed by atoms with Crippen LogP contribution in [0.4, 0.5) is 0 Å². The van der Waals surface area contributed by atoms with Gasteiger partial charge in [-0.15, -0.1) is 11.3 Å². The fraction of sp³-hybridized carbons (Fsp3) is 0.667. The van der Waals surface area contributed by atoms with E-state index >= 15 is 0 Å². The third-order valence-corrected chi connectivity index (χ3v) is 6.40. The summed E-state index contributed by atoms with van der Waals surface area (Å²) in [6, 6.07) is 0. The van der Waals surface area contributed by atoms with E-state index in [1.165, 1.54) is 31.4 Å². The lowest BCUT2D eigenvalue weighted by atomic mass is 9.81. The minimum atomic E-state index is 0.354. The SMILES string of the molecule is Cc1nc(COC[C@@]23CCC[C@@H]2CN(Cc2cnn(C)c2)C3)cs1. The first-order valence-electron chi connectivity index (χ1n) is 8.82. The van der Waals surface area contributed by atoms with Crippen LogP contribution in [0.2, 0.25) is 0 Å². The first-order valence-corrected chi connectivity index (χ1v) is 9.70. The van der Waals surface area contributed by atoms with E-state index in [1.807, 2.05) is 24.9 Å². The number of rotatable bonds is 6. The zero-order chi connectivity index (χ0) is 16.6. The molecule has 0 radical (unpaired) electrons. The number of aromatic nitrogens is 3. The average molecular weight is 347 g/mol. The van der Waals surface area contributed by atoms with Gasteiger partial charge in [0, 0.05) is 49.2 Å². The van der Waals surface area contributed by atoms with Crippen LogP contribution in [0.15, 0.2) is 17.8 Å². The van der Waals surface area contributed by atoms with E-state index in [2.05, 4.69) is 26.6 Å². The van der Waals surface area contributed by atoms with Gasteiger partial charge >= 0.3 is 0 Å². The highest BCUT2D eigenvalue weighted by Crippen LogP contribution is 2.49. The number of ether oxygens (including phenoxy) is 1. The molecule has 24 heavy (non-hydrogen) atoms. The van der Waals surface area contributed by atoms with Crippen molar-refractivity contribution >= 4 is 11.3 Å². The third kappa shape index (κ3) is 3.27. The van der Waals surface area contributed by atoms with Crippen LogP contribution < -0.4 is 0 Å². The number of fused-ring (bicyclic) bond motifs is 1. The second-order valence-corrected chi connectivity index (χ2v) is 8.56. The Morgan fingerprint density at radius 3 is 3.12 bits per heavy atom. The Hall–Kier alpha value is -1.24. The first kappa shape index (κ1) is 16.2. The highest BCUT2D eigenvalue weighted by molar-refractivity contribution is 7.09. The maximum Gasteiger partial charge on any atom is 0.0898 e. The van der Waals surface area contributed by atoms with Crippen LogP contribution in [0, 0.1) is 18.3 Å². The quantitative estimate of drug-likeness (QED) is 0.806. The van der Waals surface area contributed by atoms with Crippen molar-refractivity contribution in [3.8, 4) is 0 Å². The molecule has 2 atom stereocenters. The Morgan fingerprint density at radius 1 is 1.46 bits per heavy atom. The number of likely N-dealkylation sites (tertiary alicyclic amines) is 1. The van der Waals surface area contributed by atoms with E-state index in [0.717, 1.165) is 36.3 Å². The average Bonchev–Trinajstić information content (AvgIpc) is 3.26. The monoisotopic (exact) mass is 346 g/mol. The van der Waals surface area contributed by atoms with Gasteiger partial charge in [0.25, 0.3) is 0 Å². The largest absolute Gasteiger partial charge is 0.374 e. The molecule has 0 spiro atoms. The Balaban J connectivity index is 1.35. The van der Waals surface area contributed by atoms with Gasteiger partial charge < -0.3 is 4.74 Å². The van der Waals surface area contributed by atoms with Crippen LogP contribution in [-0.2, 0) is 24.9 Å². The lowest BCUT2D eigenvalue weighted by molar-refractivity contribution is 0.0254. The zero-order valence-corrected chi connectivity index (χ0v) is 15.4. The number of hydrogen-bond acceptors (Lipinski definition) is 5. The molecule has 2 fully saturated rings. The van der Waals surface area contributed by atoms with Gasteiger partial charge in [-0.05, 0) is 25.7 Å². The van der Waals surface area contributed by atoms with Gasteiger partial charge in [0.1, 0.15) is 0 Å². The minimum Gasteiger partial charge on any atom is -0.374 e. The molecule has 3 heterocycles. The molecular weight excluding hydrogens is 320 g/mol. The van der Waals surface area contributed by atoms with Gasteiger partial charge in [0.2, 0.25) is 0 Å². The van der Waals surface area contributed by atoms with Gasteiger partial charge in [-0.3, -0.25) is 9.58 Å². The summed E-state index contributed by atoms with van der Waals surface area (Å²) in [5.41, 5.74) is 2.74. The zero-order valence-electron chi connectivity index (χ0n) is 14.6. The minimum absolute atomic E-state index is 0.354. The van der Waals surface area contributed by atoms with Crippen molar-refractivity contribution in [3.05, 3.63) is 34.0 Å². The van der Waals surface area contributed by atoms with Crippen molar-refractivity contribution in [2.24, 2.45) is 18.4 Å². The second-order valence-electron chi connectivity index (χ2n) is 7.49. The standard InChI is InChI=1S/C18H26N4OS/c1-14-20-17(11-24-14)10-23-13-18-5-3-4-16(18)9-22(12-18)8-15-6-19-21(2)7-15/h6-7,11,16H,3-5,8-10,12-13H2,1-2H3/t16-,18+/m1/s1. The molecule has 2 aromatic rings. The summed E-state index contributed by atoms with van der Waals surface area (Å²) in [6.07, 6.45) is 8.12. The number of aryl methyl sites for hydroxylation is 2. The maximum atomic E-state index is 6.13. The van der Waals surface area contributed by atoms with Crippen molar-refractivity contribution in [1.82, 2.24) is 19.7 Å². The smallest absolute Gasteiger partial charge is 0.0898 e. The summed E-state index contributed by atoms with van der Waals surface area (Å²) in [6.45, 7) is 6.94. The fourth-order valence-electron chi connectivity index (χ4n) is 4.53. The molecule has 1 saturated carbocycles. The fourth-order valence-corrected chi connectivity index (χ4v) is 5.12. The lowest BCUT2D eigenvalue weighted by Gasteiger charge is -2.28. The van der Waals surface area contributed by atoms with Crippen LogP contribution in [0.1, 0.15) is 35.5 Å². The van der Waals surface area contributed by atoms with Gasteiger partial charge in [-0.2, -0.15) is 5.10 Å². The predicted molar refractivity (Wildman–Crippen MR) is 94.8 cm³/mol. The van der Waals surface area contributed by atoms with E-state index in [1.54, 1.807) is 11.3 Å². The summed E-state index contributed by atoms with van der Waals surface area (Å²) in [4.78, 5) is 7.10. The van der Waals surface area contributed by atoms with Crippen molar-refractivity contribution in [2.75, 3.05) is 19.7 Å². The number of hydrogen-bond donors (Lipinski definition) is 0. The maximum absolute atomic E-state index is 6.13. The van der Waals surface area contributed by atoms with E-state index in [-0.39, 0.29) is 0 Å². The topological polar surface area (TPSA) is 43.2 Å². The predicted octanol–water partition coefficient (Wildman–Crippen LogP) is 3.00. The Kier molecular flexibility index (Phi) is 4.45. The molecule has 1 aliphatic carbocycles. The Morgan fingerprint density at radius 2 is 2.38 bits per heavy atom. The van der Waals surface area contributed by atoms with E-state index in [0.29, 0.717) is 12.0 Å². The molecule has 0 unspecified atom stereocenters. The van der Waals surface area contributed by atoms with Crippen molar-refractivity contribution in [1.29, 1.82) is 0 Å². The highest BCUT2D eigenvalue weighted by atomic mass is 32.1. The molecule has 0 N–H and O–H groups in total. The summed E-state index contributed by atoms with van der Waals surface area (Å²) in [5, 5.41) is 7.53. The lowest BCUT2D eigenvalue weighted by Crippen LogP contribution is -2.32. The van der Waals surface area contributed by atoms with Crippen molar-refractivity contribution in [3.63, 3.8) is 0 Å². The molecule has 130 valence electrons. The molecule has 1 saturated heterocycles. The van der Waals surface area contributed by atoms with Gasteiger partial charge in [0.15, 0.2) is 0 Å². The van der Waals surface area contributed by atoms with Crippen LogP contribution >= 0.6 is 11.3 Å². The van der Waals surface area contributed by atoms with Gasteiger partial charge in [-0.25, -0.2) is 4.98 Å². The molecule has 0 aromatic carbocycles. The summed E-state index contributed by atoms with van der Waals surface area (Å²) in [5.74, 6) is 0.784. The normalized spacial score (nSPS) is 27.0. The van der Waals surface area contributed by atoms with Gasteiger partial charge in [0.05, 0.1) is 30.1 Å². The van der Waals surface area contributed by atoms with Crippen LogP contribution in [0.25, 0.3) is 0 Å². The molecular formula is C18H26N4OS. The molecule has 5 nitrogen and oxygen atoms in total. The van der Waals surface area contributed by atoms with Crippen LogP contribution in [0.3, 0.4) is 0 Å². The number of thiazole rings is 1.